The molecule has 3 rings (SSSR count). The molecule has 3 aromatic carbocycles. The summed E-state index contributed by atoms with van der Waals surface area (Å²) in [4.78, 5) is 7.21. The smallest absolute Gasteiger partial charge is 0.165 e. The van der Waals surface area contributed by atoms with E-state index in [1.54, 1.807) is 26.0 Å². The highest BCUT2D eigenvalue weighted by Crippen LogP contribution is 2.28. The predicted octanol–water partition coefficient (Wildman–Crippen LogP) is 6.80. The van der Waals surface area contributed by atoms with Crippen LogP contribution >= 0.6 is 23.4 Å². The lowest BCUT2D eigenvalue weighted by Crippen LogP contribution is -2.28. The van der Waals surface area contributed by atoms with Crippen LogP contribution in [0, 0.1) is 0 Å². The number of nitrogens with zero attached hydrogens (tertiary/aromatic N) is 2. The molecule has 0 unspecified atom stereocenters. The Morgan fingerprint density at radius 1 is 0.839 bits per heavy atom. The largest absolute Gasteiger partial charge is 0.497 e. The van der Waals surface area contributed by atoms with Gasteiger partial charge in [0, 0.05) is 13.1 Å². The van der Waals surface area contributed by atoms with E-state index in [2.05, 4.69) is 36.1 Å². The van der Waals surface area contributed by atoms with E-state index >= 15 is 0 Å². The molecule has 0 aliphatic heterocycles. The van der Waals surface area contributed by atoms with Gasteiger partial charge in [-0.3, -0.25) is 0 Å². The zero-order valence-electron chi connectivity index (χ0n) is 18.0. The first-order valence-corrected chi connectivity index (χ1v) is 11.5. The van der Waals surface area contributed by atoms with Gasteiger partial charge >= 0.3 is 0 Å². The summed E-state index contributed by atoms with van der Waals surface area (Å²) in [6.45, 7) is 3.56. The average molecular weight is 455 g/mol. The Morgan fingerprint density at radius 3 is 1.81 bits per heavy atom. The Morgan fingerprint density at radius 2 is 1.35 bits per heavy atom. The molecule has 0 N–H and O–H groups in total. The highest BCUT2D eigenvalue weighted by Gasteiger charge is 2.15. The summed E-state index contributed by atoms with van der Waals surface area (Å²) >= 11 is 8.11. The predicted molar refractivity (Wildman–Crippen MR) is 132 cm³/mol. The molecule has 31 heavy (non-hydrogen) atoms. The third kappa shape index (κ3) is 6.68. The second kappa shape index (κ2) is 11.7. The van der Waals surface area contributed by atoms with E-state index in [1.807, 2.05) is 48.5 Å². The second-order valence-corrected chi connectivity index (χ2v) is 8.47. The molecule has 162 valence electrons. The van der Waals surface area contributed by atoms with Crippen LogP contribution < -0.4 is 9.47 Å². The van der Waals surface area contributed by atoms with Gasteiger partial charge < -0.3 is 14.4 Å². The number of ether oxygens (including phenoxy) is 2. The van der Waals surface area contributed by atoms with Crippen LogP contribution in [0.15, 0.2) is 77.8 Å². The molecule has 0 amide bonds. The lowest BCUT2D eigenvalue weighted by molar-refractivity contribution is 0.405. The summed E-state index contributed by atoms with van der Waals surface area (Å²) < 4.78 is 10.6. The zero-order valence-corrected chi connectivity index (χ0v) is 19.6. The molecule has 6 heteroatoms. The molecular formula is C25H27ClN2O2S. The summed E-state index contributed by atoms with van der Waals surface area (Å²) in [5.74, 6) is 2.60. The van der Waals surface area contributed by atoms with Gasteiger partial charge in [-0.05, 0) is 53.3 Å². The number of hydrogen-bond acceptors (Lipinski definition) is 4. The number of aliphatic imine (C=N–C) groups is 1. The van der Waals surface area contributed by atoms with Crippen LogP contribution in [0.4, 0.5) is 5.69 Å². The Kier molecular flexibility index (Phi) is 8.68. The molecule has 0 saturated carbocycles. The van der Waals surface area contributed by atoms with Gasteiger partial charge in [-0.1, -0.05) is 66.7 Å². The number of rotatable bonds is 8. The van der Waals surface area contributed by atoms with E-state index in [9.17, 15) is 0 Å². The monoisotopic (exact) mass is 454 g/mol. The van der Waals surface area contributed by atoms with Crippen molar-refractivity contribution < 1.29 is 9.47 Å². The first kappa shape index (κ1) is 23.0. The van der Waals surface area contributed by atoms with Crippen LogP contribution in [0.5, 0.6) is 11.5 Å². The van der Waals surface area contributed by atoms with Gasteiger partial charge in [-0.2, -0.15) is 0 Å². The van der Waals surface area contributed by atoms with Crippen LogP contribution in [-0.4, -0.2) is 30.0 Å². The minimum Gasteiger partial charge on any atom is -0.497 e. The van der Waals surface area contributed by atoms with Crippen molar-refractivity contribution in [2.24, 2.45) is 4.99 Å². The summed E-state index contributed by atoms with van der Waals surface area (Å²) in [5.41, 5.74) is 3.13. The molecule has 0 saturated heterocycles. The van der Waals surface area contributed by atoms with E-state index in [1.165, 1.54) is 11.1 Å². The molecule has 0 atom stereocenters. The van der Waals surface area contributed by atoms with Crippen LogP contribution in [0.3, 0.4) is 0 Å². The van der Waals surface area contributed by atoms with Crippen molar-refractivity contribution in [1.29, 1.82) is 0 Å². The van der Waals surface area contributed by atoms with Gasteiger partial charge in [-0.25, -0.2) is 4.99 Å². The Bertz CT molecular complexity index is 942. The highest BCUT2D eigenvalue weighted by molar-refractivity contribution is 8.13. The lowest BCUT2D eigenvalue weighted by atomic mass is 10.1. The molecular weight excluding hydrogens is 428 g/mol. The van der Waals surface area contributed by atoms with Crippen LogP contribution in [0.1, 0.15) is 18.1 Å². The van der Waals surface area contributed by atoms with Crippen molar-refractivity contribution in [3.8, 4) is 11.5 Å². The highest BCUT2D eigenvalue weighted by atomic mass is 35.5. The van der Waals surface area contributed by atoms with Gasteiger partial charge in [0.1, 0.15) is 11.5 Å². The van der Waals surface area contributed by atoms with Crippen molar-refractivity contribution in [3.05, 3.63) is 88.9 Å². The fourth-order valence-corrected chi connectivity index (χ4v) is 3.97. The lowest BCUT2D eigenvalue weighted by Gasteiger charge is -2.26. The van der Waals surface area contributed by atoms with Gasteiger partial charge in [-0.15, -0.1) is 0 Å². The molecule has 3 aromatic rings. The summed E-state index contributed by atoms with van der Waals surface area (Å²) in [6, 6.07) is 24.0. The molecule has 4 nitrogen and oxygen atoms in total. The summed E-state index contributed by atoms with van der Waals surface area (Å²) in [5, 5.41) is 1.58. The summed E-state index contributed by atoms with van der Waals surface area (Å²) in [6.07, 6.45) is 0. The second-order valence-electron chi connectivity index (χ2n) is 6.83. The average Bonchev–Trinajstić information content (AvgIpc) is 2.80. The van der Waals surface area contributed by atoms with E-state index in [-0.39, 0.29) is 0 Å². The number of para-hydroxylation sites is 1. The SMILES string of the molecule is CCSC(=Nc1ccccc1Cl)N(Cc1ccc(OC)cc1)Cc1ccc(OC)cc1. The number of methoxy groups -OCH3 is 2. The fraction of sp³-hybridized carbons (Fsp3) is 0.240. The van der Waals surface area contributed by atoms with Gasteiger partial charge in [0.25, 0.3) is 0 Å². The van der Waals surface area contributed by atoms with E-state index in [4.69, 9.17) is 26.1 Å². The zero-order chi connectivity index (χ0) is 22.1. The third-order valence-electron chi connectivity index (χ3n) is 4.68. The number of halogens is 1. The topological polar surface area (TPSA) is 34.1 Å². The number of amidine groups is 1. The van der Waals surface area contributed by atoms with Crippen LogP contribution in [0.2, 0.25) is 5.02 Å². The minimum atomic E-state index is 0.644. The normalized spacial score (nSPS) is 11.3. The van der Waals surface area contributed by atoms with E-state index in [0.717, 1.165) is 28.1 Å². The molecule has 0 aliphatic carbocycles. The maximum absolute atomic E-state index is 6.40. The van der Waals surface area contributed by atoms with Crippen molar-refractivity contribution >= 4 is 34.2 Å². The number of thioether (sulfide) groups is 1. The minimum absolute atomic E-state index is 0.644. The molecule has 0 radical (unpaired) electrons. The third-order valence-corrected chi connectivity index (χ3v) is 5.89. The van der Waals surface area contributed by atoms with Crippen molar-refractivity contribution in [2.75, 3.05) is 20.0 Å². The van der Waals surface area contributed by atoms with Gasteiger partial charge in [0.2, 0.25) is 0 Å². The van der Waals surface area contributed by atoms with Crippen LogP contribution in [-0.2, 0) is 13.1 Å². The standard InChI is InChI=1S/C25H27ClN2O2S/c1-4-31-25(27-24-8-6-5-7-23(24)26)28(17-19-9-13-21(29-2)14-10-19)18-20-11-15-22(30-3)16-12-20/h5-16H,4,17-18H2,1-3H3. The Balaban J connectivity index is 1.94. The van der Waals surface area contributed by atoms with Gasteiger partial charge in [0.05, 0.1) is 24.9 Å². The van der Waals surface area contributed by atoms with Crippen molar-refractivity contribution in [1.82, 2.24) is 4.90 Å². The maximum Gasteiger partial charge on any atom is 0.165 e. The fourth-order valence-electron chi connectivity index (χ4n) is 3.06. The number of benzene rings is 3. The Hall–Kier alpha value is -2.63. The van der Waals surface area contributed by atoms with E-state index in [0.29, 0.717) is 18.1 Å². The first-order valence-electron chi connectivity index (χ1n) is 10.1. The summed E-state index contributed by atoms with van der Waals surface area (Å²) in [7, 11) is 3.36. The Labute approximate surface area is 193 Å². The first-order chi connectivity index (χ1) is 15.1. The molecule has 0 spiro atoms. The van der Waals surface area contributed by atoms with Crippen LogP contribution in [0.25, 0.3) is 0 Å². The van der Waals surface area contributed by atoms with Crippen molar-refractivity contribution in [3.63, 3.8) is 0 Å². The molecule has 0 aromatic heterocycles. The molecule has 0 aliphatic rings. The molecule has 0 heterocycles. The molecule has 0 fully saturated rings. The molecule has 0 bridgehead atoms. The quantitative estimate of drug-likeness (QED) is 0.277. The van der Waals surface area contributed by atoms with Gasteiger partial charge in [0.15, 0.2) is 5.17 Å². The maximum atomic E-state index is 6.40. The van der Waals surface area contributed by atoms with E-state index < -0.39 is 0 Å². The van der Waals surface area contributed by atoms with Crippen molar-refractivity contribution in [2.45, 2.75) is 20.0 Å². The number of hydrogen-bond donors (Lipinski definition) is 0.